The predicted molar refractivity (Wildman–Crippen MR) is 32.9 cm³/mol. The summed E-state index contributed by atoms with van der Waals surface area (Å²) in [5.41, 5.74) is 4.51. The Hall–Kier alpha value is -0.860. The Morgan fingerprint density at radius 2 is 1.89 bits per heavy atom. The second-order valence-electron chi connectivity index (χ2n) is 1.58. The van der Waals surface area contributed by atoms with E-state index >= 15 is 0 Å². The van der Waals surface area contributed by atoms with Crippen molar-refractivity contribution in [1.82, 2.24) is 0 Å². The Balaban J connectivity index is 4.40. The topological polar surface area (TPSA) is 26.0 Å². The molecule has 0 aromatic carbocycles. The number of allylic oxidation sites excluding steroid dienone is 3. The lowest BCUT2D eigenvalue weighted by Crippen LogP contribution is -1.98. The SMILES string of the molecule is C/C=C(F)\C(N)=C(/C)F. The molecule has 1 nitrogen and oxygen atoms in total. The molecule has 9 heavy (non-hydrogen) atoms. The van der Waals surface area contributed by atoms with Crippen LogP contribution in [0.5, 0.6) is 0 Å². The van der Waals surface area contributed by atoms with Crippen LogP contribution in [0.15, 0.2) is 23.4 Å². The van der Waals surface area contributed by atoms with Gasteiger partial charge in [0.15, 0.2) is 0 Å². The third-order valence-corrected chi connectivity index (χ3v) is 0.882. The molecule has 0 aliphatic rings. The lowest BCUT2D eigenvalue weighted by Gasteiger charge is -1.94. The zero-order valence-electron chi connectivity index (χ0n) is 5.41. The summed E-state index contributed by atoms with van der Waals surface area (Å²) < 4.78 is 24.2. The van der Waals surface area contributed by atoms with Gasteiger partial charge in [-0.3, -0.25) is 0 Å². The van der Waals surface area contributed by atoms with Gasteiger partial charge in [-0.15, -0.1) is 0 Å². The highest BCUT2D eigenvalue weighted by Gasteiger charge is 2.00. The van der Waals surface area contributed by atoms with Gasteiger partial charge in [-0.25, -0.2) is 8.78 Å². The minimum Gasteiger partial charge on any atom is -0.394 e. The zero-order chi connectivity index (χ0) is 7.44. The molecule has 0 aliphatic carbocycles. The maximum atomic E-state index is 12.2. The molecule has 0 aliphatic heterocycles. The van der Waals surface area contributed by atoms with Crippen LogP contribution in [0.25, 0.3) is 0 Å². The Kier molecular flexibility index (Phi) is 2.91. The standard InChI is InChI=1S/C6H9F2N/c1-3-5(8)6(9)4(2)7/h3H,9H2,1-2H3/b5-3+,6-4-. The van der Waals surface area contributed by atoms with Gasteiger partial charge in [0, 0.05) is 0 Å². The number of halogens is 2. The summed E-state index contributed by atoms with van der Waals surface area (Å²) in [5.74, 6) is -1.40. The van der Waals surface area contributed by atoms with Gasteiger partial charge >= 0.3 is 0 Å². The quantitative estimate of drug-likeness (QED) is 0.544. The second kappa shape index (κ2) is 3.22. The third-order valence-electron chi connectivity index (χ3n) is 0.882. The van der Waals surface area contributed by atoms with Gasteiger partial charge in [0.2, 0.25) is 0 Å². The van der Waals surface area contributed by atoms with Crippen LogP contribution in [-0.2, 0) is 0 Å². The predicted octanol–water partition coefficient (Wildman–Crippen LogP) is 2.02. The van der Waals surface area contributed by atoms with Crippen molar-refractivity contribution in [1.29, 1.82) is 0 Å². The van der Waals surface area contributed by atoms with E-state index in [4.69, 9.17) is 5.73 Å². The maximum Gasteiger partial charge on any atom is 0.144 e. The molecule has 0 saturated carbocycles. The van der Waals surface area contributed by atoms with Crippen molar-refractivity contribution < 1.29 is 8.78 Å². The van der Waals surface area contributed by atoms with E-state index in [-0.39, 0.29) is 0 Å². The van der Waals surface area contributed by atoms with Gasteiger partial charge in [0.05, 0.1) is 5.70 Å². The van der Waals surface area contributed by atoms with Crippen molar-refractivity contribution in [2.24, 2.45) is 5.73 Å². The van der Waals surface area contributed by atoms with Crippen molar-refractivity contribution >= 4 is 0 Å². The van der Waals surface area contributed by atoms with Gasteiger partial charge in [-0.1, -0.05) is 0 Å². The van der Waals surface area contributed by atoms with Crippen molar-refractivity contribution in [3.8, 4) is 0 Å². The second-order valence-corrected chi connectivity index (χ2v) is 1.58. The molecular formula is C6H9F2N. The fourth-order valence-electron chi connectivity index (χ4n) is 0.320. The van der Waals surface area contributed by atoms with E-state index in [0.717, 1.165) is 13.0 Å². The highest BCUT2D eigenvalue weighted by molar-refractivity contribution is 5.22. The minimum atomic E-state index is -0.713. The van der Waals surface area contributed by atoms with Crippen molar-refractivity contribution in [2.45, 2.75) is 13.8 Å². The fourth-order valence-corrected chi connectivity index (χ4v) is 0.320. The first kappa shape index (κ1) is 8.14. The van der Waals surface area contributed by atoms with E-state index in [0.29, 0.717) is 0 Å². The van der Waals surface area contributed by atoms with Gasteiger partial charge in [-0.05, 0) is 19.9 Å². The summed E-state index contributed by atoms with van der Waals surface area (Å²) in [5, 5.41) is 0. The van der Waals surface area contributed by atoms with Crippen LogP contribution >= 0.6 is 0 Å². The molecule has 3 heteroatoms. The Bertz CT molecular complexity index is 154. The van der Waals surface area contributed by atoms with Crippen LogP contribution in [-0.4, -0.2) is 0 Å². The van der Waals surface area contributed by atoms with E-state index < -0.39 is 17.4 Å². The smallest absolute Gasteiger partial charge is 0.144 e. The number of hydrogen-bond acceptors (Lipinski definition) is 1. The van der Waals surface area contributed by atoms with Crippen LogP contribution in [0.2, 0.25) is 0 Å². The van der Waals surface area contributed by atoms with Crippen LogP contribution < -0.4 is 5.73 Å². The average molecular weight is 133 g/mol. The molecule has 0 atom stereocenters. The minimum absolute atomic E-state index is 0.419. The van der Waals surface area contributed by atoms with E-state index in [1.807, 2.05) is 0 Å². The molecule has 52 valence electrons. The van der Waals surface area contributed by atoms with E-state index in [1.54, 1.807) is 0 Å². The van der Waals surface area contributed by atoms with E-state index in [1.165, 1.54) is 6.92 Å². The van der Waals surface area contributed by atoms with E-state index in [2.05, 4.69) is 0 Å². The summed E-state index contributed by atoms with van der Waals surface area (Å²) >= 11 is 0. The molecule has 0 bridgehead atoms. The molecular weight excluding hydrogens is 124 g/mol. The molecule has 0 aromatic rings. The normalized spacial score (nSPS) is 15.3. The molecule has 0 heterocycles. The first-order valence-corrected chi connectivity index (χ1v) is 2.53. The largest absolute Gasteiger partial charge is 0.394 e. The van der Waals surface area contributed by atoms with Crippen molar-refractivity contribution in [3.63, 3.8) is 0 Å². The molecule has 0 saturated heterocycles. The highest BCUT2D eigenvalue weighted by atomic mass is 19.1. The summed E-state index contributed by atoms with van der Waals surface area (Å²) in [7, 11) is 0. The summed E-state index contributed by atoms with van der Waals surface area (Å²) in [4.78, 5) is 0. The molecule has 0 spiro atoms. The number of nitrogens with two attached hydrogens (primary N) is 1. The van der Waals surface area contributed by atoms with Gasteiger partial charge in [0.1, 0.15) is 11.7 Å². The summed E-state index contributed by atoms with van der Waals surface area (Å²) in [6.45, 7) is 2.56. The molecule has 0 radical (unpaired) electrons. The Labute approximate surface area is 52.9 Å². The molecule has 0 amide bonds. The third kappa shape index (κ3) is 2.26. The first-order chi connectivity index (χ1) is 4.09. The lowest BCUT2D eigenvalue weighted by atomic mass is 10.3. The molecule has 0 unspecified atom stereocenters. The highest BCUT2D eigenvalue weighted by Crippen LogP contribution is 2.10. The molecule has 0 aromatic heterocycles. The lowest BCUT2D eigenvalue weighted by molar-refractivity contribution is 0.590. The van der Waals surface area contributed by atoms with Crippen LogP contribution in [0.4, 0.5) is 8.78 Å². The van der Waals surface area contributed by atoms with Crippen LogP contribution in [0.3, 0.4) is 0 Å². The van der Waals surface area contributed by atoms with Crippen LogP contribution in [0, 0.1) is 0 Å². The fraction of sp³-hybridized carbons (Fsp3) is 0.333. The van der Waals surface area contributed by atoms with Gasteiger partial charge in [0.25, 0.3) is 0 Å². The van der Waals surface area contributed by atoms with Crippen molar-refractivity contribution in [3.05, 3.63) is 23.4 Å². The number of rotatable bonds is 1. The van der Waals surface area contributed by atoms with Crippen molar-refractivity contribution in [2.75, 3.05) is 0 Å². The van der Waals surface area contributed by atoms with E-state index in [9.17, 15) is 8.78 Å². The van der Waals surface area contributed by atoms with Crippen LogP contribution in [0.1, 0.15) is 13.8 Å². The first-order valence-electron chi connectivity index (χ1n) is 2.53. The summed E-state index contributed by atoms with van der Waals surface area (Å²) in [6, 6.07) is 0. The molecule has 0 fully saturated rings. The Morgan fingerprint density at radius 3 is 2.00 bits per heavy atom. The average Bonchev–Trinajstić information content (AvgIpc) is 1.84. The molecule has 2 N–H and O–H groups in total. The zero-order valence-corrected chi connectivity index (χ0v) is 5.41. The van der Waals surface area contributed by atoms with Gasteiger partial charge in [-0.2, -0.15) is 0 Å². The van der Waals surface area contributed by atoms with Gasteiger partial charge < -0.3 is 5.73 Å². The summed E-state index contributed by atoms with van der Waals surface area (Å²) in [6.07, 6.45) is 1.11. The monoisotopic (exact) mass is 133 g/mol. The number of hydrogen-bond donors (Lipinski definition) is 1. The molecule has 0 rings (SSSR count). The Morgan fingerprint density at radius 1 is 1.44 bits per heavy atom. The maximum absolute atomic E-state index is 12.2.